The number of hydrogen-bond donors (Lipinski definition) is 1. The number of nitrogens with zero attached hydrogens (tertiary/aromatic N) is 2. The summed E-state index contributed by atoms with van der Waals surface area (Å²) in [5, 5.41) is 1.22. The van der Waals surface area contributed by atoms with E-state index in [2.05, 4.69) is 5.43 Å². The smallest absolute Gasteiger partial charge is 0.410 e. The number of benzene rings is 2. The van der Waals surface area contributed by atoms with Crippen molar-refractivity contribution in [2.24, 2.45) is 0 Å². The van der Waals surface area contributed by atoms with E-state index in [0.717, 1.165) is 22.3 Å². The van der Waals surface area contributed by atoms with Crippen molar-refractivity contribution >= 4 is 58.7 Å². The molecule has 2 aliphatic rings. The highest BCUT2D eigenvalue weighted by Gasteiger charge is 2.45. The molecule has 1 aliphatic carbocycles. The summed E-state index contributed by atoms with van der Waals surface area (Å²) in [5.74, 6) is -2.03. The summed E-state index contributed by atoms with van der Waals surface area (Å²) in [6, 6.07) is 12.1. The monoisotopic (exact) mass is 653 g/mol. The largest absolute Gasteiger partial charge is 0.460 e. The summed E-state index contributed by atoms with van der Waals surface area (Å²) in [7, 11) is 1.22. The zero-order valence-corrected chi connectivity index (χ0v) is 26.5. The maximum Gasteiger partial charge on any atom is 0.410 e. The van der Waals surface area contributed by atoms with Gasteiger partial charge in [0.15, 0.2) is 0 Å². The second-order valence-electron chi connectivity index (χ2n) is 11.3. The molecular weight excluding hydrogens is 621 g/mol. The topological polar surface area (TPSA) is 114 Å². The zero-order valence-electron chi connectivity index (χ0n) is 24.3. The summed E-state index contributed by atoms with van der Waals surface area (Å²) < 4.78 is 14.1. The van der Waals surface area contributed by atoms with Crippen LogP contribution in [0.5, 0.6) is 0 Å². The first kappa shape index (κ1) is 32.9. The van der Waals surface area contributed by atoms with Crippen molar-refractivity contribution < 1.29 is 33.4 Å². The summed E-state index contributed by atoms with van der Waals surface area (Å²) in [6.45, 7) is 4.86. The van der Waals surface area contributed by atoms with E-state index in [1.54, 1.807) is 20.8 Å². The SMILES string of the molecule is COC(=O)N(C1c2ccccc2-c2ccccc21)[C@@H](CC(=O)OC(C)(C)C)C(=O)N1CCC[C@@H](C(=O)OCC(Cl)(Cl)Cl)N1. The quantitative estimate of drug-likeness (QED) is 0.242. The predicted octanol–water partition coefficient (Wildman–Crippen LogP) is 5.33. The molecule has 10 nitrogen and oxygen atoms in total. The Kier molecular flexibility index (Phi) is 10.2. The van der Waals surface area contributed by atoms with Crippen molar-refractivity contribution in [3.63, 3.8) is 0 Å². The minimum Gasteiger partial charge on any atom is -0.460 e. The molecule has 1 saturated heterocycles. The van der Waals surface area contributed by atoms with Gasteiger partial charge in [0.1, 0.15) is 24.3 Å². The van der Waals surface area contributed by atoms with Crippen LogP contribution in [0.4, 0.5) is 4.79 Å². The van der Waals surface area contributed by atoms with Gasteiger partial charge in [0.05, 0.1) is 19.6 Å². The lowest BCUT2D eigenvalue weighted by Gasteiger charge is -2.40. The van der Waals surface area contributed by atoms with Crippen LogP contribution in [-0.2, 0) is 28.6 Å². The Morgan fingerprint density at radius 1 is 1.00 bits per heavy atom. The molecule has 0 unspecified atom stereocenters. The van der Waals surface area contributed by atoms with Crippen LogP contribution in [0.3, 0.4) is 0 Å². The van der Waals surface area contributed by atoms with Crippen LogP contribution in [0, 0.1) is 0 Å². The summed E-state index contributed by atoms with van der Waals surface area (Å²) >= 11 is 17.2. The lowest BCUT2D eigenvalue weighted by Crippen LogP contribution is -2.61. The first-order valence-electron chi connectivity index (χ1n) is 13.8. The fourth-order valence-electron chi connectivity index (χ4n) is 5.34. The Labute approximate surface area is 265 Å². The number of hydrogen-bond acceptors (Lipinski definition) is 8. The standard InChI is InChI=1S/C30H34Cl3N3O7/c1-29(2,3)43-24(37)16-23(26(38)35-15-9-14-22(34-35)27(39)42-17-30(31,32)33)36(28(40)41-4)25-20-12-7-5-10-18(20)19-11-6-8-13-21(19)25/h5-8,10-13,22-23,25,34H,9,14-17H2,1-4H3/t22-,23-/m0/s1. The normalized spacial score (nSPS) is 17.4. The number of amides is 2. The van der Waals surface area contributed by atoms with Crippen LogP contribution in [0.15, 0.2) is 48.5 Å². The van der Waals surface area contributed by atoms with E-state index in [4.69, 9.17) is 49.0 Å². The van der Waals surface area contributed by atoms with E-state index in [1.807, 2.05) is 48.5 Å². The highest BCUT2D eigenvalue weighted by atomic mass is 35.6. The Morgan fingerprint density at radius 3 is 2.12 bits per heavy atom. The molecule has 2 aromatic rings. The highest BCUT2D eigenvalue weighted by molar-refractivity contribution is 6.67. The Hall–Kier alpha value is -3.05. The molecule has 1 N–H and O–H groups in total. The lowest BCUT2D eigenvalue weighted by atomic mass is 9.99. The van der Waals surface area contributed by atoms with Gasteiger partial charge < -0.3 is 14.2 Å². The van der Waals surface area contributed by atoms with Crippen LogP contribution in [0.1, 0.15) is 57.2 Å². The molecule has 2 atom stereocenters. The summed E-state index contributed by atoms with van der Waals surface area (Å²) in [5.41, 5.74) is 5.38. The lowest BCUT2D eigenvalue weighted by molar-refractivity contribution is -0.161. The molecular formula is C30H34Cl3N3O7. The summed E-state index contributed by atoms with van der Waals surface area (Å²) in [6.07, 6.45) is -0.497. The molecule has 4 rings (SSSR count). The van der Waals surface area contributed by atoms with Gasteiger partial charge in [-0.25, -0.2) is 10.2 Å². The number of esters is 2. The molecule has 0 aromatic heterocycles. The number of hydrazine groups is 1. The van der Waals surface area contributed by atoms with Gasteiger partial charge in [0.25, 0.3) is 5.91 Å². The highest BCUT2D eigenvalue weighted by Crippen LogP contribution is 2.47. The number of nitrogens with one attached hydrogen (secondary N) is 1. The van der Waals surface area contributed by atoms with Crippen LogP contribution in [-0.4, -0.2) is 75.6 Å². The van der Waals surface area contributed by atoms with Crippen molar-refractivity contribution in [3.05, 3.63) is 59.7 Å². The number of rotatable bonds is 7. The third-order valence-corrected chi connectivity index (χ3v) is 7.31. The number of ether oxygens (including phenoxy) is 3. The van der Waals surface area contributed by atoms with E-state index >= 15 is 0 Å². The fourth-order valence-corrected chi connectivity index (χ4v) is 5.50. The maximum absolute atomic E-state index is 14.3. The van der Waals surface area contributed by atoms with Crippen molar-refractivity contribution in [1.29, 1.82) is 0 Å². The number of carbonyl (C=O) groups excluding carboxylic acids is 4. The Balaban J connectivity index is 1.72. The third-order valence-electron chi connectivity index (χ3n) is 6.98. The number of carbonyl (C=O) groups is 4. The molecule has 232 valence electrons. The van der Waals surface area contributed by atoms with E-state index < -0.39 is 64.5 Å². The zero-order chi connectivity index (χ0) is 31.5. The molecule has 1 fully saturated rings. The van der Waals surface area contributed by atoms with Gasteiger partial charge in [-0.3, -0.25) is 24.3 Å². The van der Waals surface area contributed by atoms with Crippen LogP contribution < -0.4 is 5.43 Å². The molecule has 0 bridgehead atoms. The van der Waals surface area contributed by atoms with Crippen molar-refractivity contribution in [2.75, 3.05) is 20.3 Å². The molecule has 2 aromatic carbocycles. The summed E-state index contributed by atoms with van der Waals surface area (Å²) in [4.78, 5) is 55.2. The third kappa shape index (κ3) is 7.92. The fraction of sp³-hybridized carbons (Fsp3) is 0.467. The number of alkyl halides is 3. The van der Waals surface area contributed by atoms with Crippen LogP contribution in [0.25, 0.3) is 11.1 Å². The Morgan fingerprint density at radius 2 is 1.58 bits per heavy atom. The maximum atomic E-state index is 14.3. The molecule has 0 saturated carbocycles. The van der Waals surface area contributed by atoms with E-state index in [1.165, 1.54) is 17.0 Å². The number of halogens is 3. The Bertz CT molecular complexity index is 1330. The van der Waals surface area contributed by atoms with Gasteiger partial charge in [0, 0.05) is 6.54 Å². The minimum absolute atomic E-state index is 0.199. The second kappa shape index (κ2) is 13.3. The van der Waals surface area contributed by atoms with Gasteiger partial charge in [-0.15, -0.1) is 0 Å². The average molecular weight is 655 g/mol. The molecule has 43 heavy (non-hydrogen) atoms. The van der Waals surface area contributed by atoms with Gasteiger partial charge in [-0.1, -0.05) is 83.3 Å². The van der Waals surface area contributed by atoms with Crippen LogP contribution in [0.2, 0.25) is 0 Å². The first-order valence-corrected chi connectivity index (χ1v) is 14.9. The van der Waals surface area contributed by atoms with E-state index in [9.17, 15) is 19.2 Å². The molecule has 13 heteroatoms. The van der Waals surface area contributed by atoms with Crippen molar-refractivity contribution in [2.45, 2.75) is 67.6 Å². The van der Waals surface area contributed by atoms with Gasteiger partial charge in [-0.05, 0) is 55.9 Å². The molecule has 1 aliphatic heterocycles. The average Bonchev–Trinajstić information content (AvgIpc) is 3.28. The van der Waals surface area contributed by atoms with Gasteiger partial charge in [-0.2, -0.15) is 0 Å². The molecule has 0 spiro atoms. The van der Waals surface area contributed by atoms with Crippen molar-refractivity contribution in [3.8, 4) is 11.1 Å². The predicted molar refractivity (Wildman–Crippen MR) is 161 cm³/mol. The number of fused-ring (bicyclic) bond motifs is 3. The van der Waals surface area contributed by atoms with Crippen molar-refractivity contribution in [1.82, 2.24) is 15.3 Å². The van der Waals surface area contributed by atoms with E-state index in [0.29, 0.717) is 12.8 Å². The number of methoxy groups -OCH3 is 1. The molecule has 1 heterocycles. The minimum atomic E-state index is -1.80. The van der Waals surface area contributed by atoms with E-state index in [-0.39, 0.29) is 6.54 Å². The molecule has 0 radical (unpaired) electrons. The second-order valence-corrected chi connectivity index (χ2v) is 13.8. The molecule has 2 amide bonds. The van der Waals surface area contributed by atoms with Gasteiger partial charge >= 0.3 is 18.0 Å². The van der Waals surface area contributed by atoms with Gasteiger partial charge in [0.2, 0.25) is 3.79 Å². The first-order chi connectivity index (χ1) is 20.2. The van der Waals surface area contributed by atoms with Crippen LogP contribution >= 0.6 is 34.8 Å².